The van der Waals surface area contributed by atoms with Gasteiger partial charge in [-0.2, -0.15) is 11.8 Å². The lowest BCUT2D eigenvalue weighted by Crippen LogP contribution is -2.27. The molecule has 0 saturated heterocycles. The molecule has 0 spiro atoms. The van der Waals surface area contributed by atoms with Crippen molar-refractivity contribution in [1.82, 2.24) is 4.90 Å². The summed E-state index contributed by atoms with van der Waals surface area (Å²) in [4.78, 5) is 25.6. The van der Waals surface area contributed by atoms with Gasteiger partial charge in [-0.1, -0.05) is 48.5 Å². The van der Waals surface area contributed by atoms with Gasteiger partial charge in [-0.25, -0.2) is 4.79 Å². The molecule has 1 aromatic heterocycles. The Morgan fingerprint density at radius 1 is 1.00 bits per heavy atom. The van der Waals surface area contributed by atoms with Gasteiger partial charge in [0.05, 0.1) is 0 Å². The maximum atomic E-state index is 12.5. The third-order valence-electron chi connectivity index (χ3n) is 4.07. The van der Waals surface area contributed by atoms with Gasteiger partial charge < -0.3 is 14.1 Å². The van der Waals surface area contributed by atoms with Crippen molar-refractivity contribution in [2.75, 3.05) is 20.7 Å². The van der Waals surface area contributed by atoms with Crippen LogP contribution in [0.15, 0.2) is 59.0 Å². The molecule has 1 amide bonds. The minimum atomic E-state index is -0.614. The van der Waals surface area contributed by atoms with E-state index in [0.29, 0.717) is 11.3 Å². The minimum Gasteiger partial charge on any atom is -0.450 e. The van der Waals surface area contributed by atoms with Gasteiger partial charge in [0.2, 0.25) is 5.76 Å². The molecule has 3 rings (SSSR count). The van der Waals surface area contributed by atoms with E-state index in [4.69, 9.17) is 9.15 Å². The number of benzene rings is 2. The Balaban J connectivity index is 1.76. The fourth-order valence-electron chi connectivity index (χ4n) is 2.57. The molecule has 1 heterocycles. The summed E-state index contributed by atoms with van der Waals surface area (Å²) in [5.41, 5.74) is 2.66. The molecular formula is C21H21NO4S. The molecule has 27 heavy (non-hydrogen) atoms. The summed E-state index contributed by atoms with van der Waals surface area (Å²) in [6.07, 6.45) is 0. The van der Waals surface area contributed by atoms with E-state index >= 15 is 0 Å². The molecule has 0 saturated carbocycles. The number of nitrogens with zero attached hydrogens (tertiary/aromatic N) is 1. The molecule has 0 bridgehead atoms. The average molecular weight is 383 g/mol. The lowest BCUT2D eigenvalue weighted by atomic mass is 10.1. The molecule has 0 radical (unpaired) electrons. The molecule has 0 fully saturated rings. The number of likely N-dealkylation sites (N-methyl/N-ethyl adjacent to an activating group) is 1. The lowest BCUT2D eigenvalue weighted by molar-refractivity contribution is -0.132. The number of esters is 1. The van der Waals surface area contributed by atoms with Crippen LogP contribution in [0.2, 0.25) is 0 Å². The highest BCUT2D eigenvalue weighted by molar-refractivity contribution is 7.97. The van der Waals surface area contributed by atoms with Gasteiger partial charge in [0.15, 0.2) is 6.61 Å². The van der Waals surface area contributed by atoms with Crippen molar-refractivity contribution < 1.29 is 18.7 Å². The van der Waals surface area contributed by atoms with Crippen LogP contribution in [0.1, 0.15) is 21.7 Å². The van der Waals surface area contributed by atoms with Crippen molar-refractivity contribution in [2.45, 2.75) is 11.5 Å². The maximum Gasteiger partial charge on any atom is 0.375 e. The zero-order valence-electron chi connectivity index (χ0n) is 15.3. The van der Waals surface area contributed by atoms with Crippen LogP contribution in [-0.4, -0.2) is 37.5 Å². The zero-order valence-corrected chi connectivity index (χ0v) is 16.1. The molecule has 0 aliphatic rings. The van der Waals surface area contributed by atoms with Crippen molar-refractivity contribution in [3.05, 3.63) is 71.5 Å². The quantitative estimate of drug-likeness (QED) is 0.575. The van der Waals surface area contributed by atoms with Gasteiger partial charge in [0, 0.05) is 36.6 Å². The van der Waals surface area contributed by atoms with Gasteiger partial charge in [0.25, 0.3) is 5.91 Å². The Labute approximate surface area is 162 Å². The van der Waals surface area contributed by atoms with Crippen LogP contribution in [-0.2, 0) is 21.0 Å². The third-order valence-corrected chi connectivity index (χ3v) is 5.10. The summed E-state index contributed by atoms with van der Waals surface area (Å²) < 4.78 is 10.9. The fourth-order valence-corrected chi connectivity index (χ4v) is 3.60. The first-order chi connectivity index (χ1) is 13.1. The van der Waals surface area contributed by atoms with Gasteiger partial charge >= 0.3 is 5.97 Å². The molecule has 0 aliphatic carbocycles. The van der Waals surface area contributed by atoms with E-state index in [1.165, 1.54) is 10.5 Å². The Bertz CT molecular complexity index is 934. The molecule has 140 valence electrons. The summed E-state index contributed by atoms with van der Waals surface area (Å²) in [5.74, 6) is 0.714. The van der Waals surface area contributed by atoms with Crippen LogP contribution in [0, 0.1) is 0 Å². The molecule has 5 nitrogen and oxygen atoms in total. The molecular weight excluding hydrogens is 362 g/mol. The lowest BCUT2D eigenvalue weighted by Gasteiger charge is -2.10. The normalized spacial score (nSPS) is 10.7. The van der Waals surface area contributed by atoms with Crippen LogP contribution >= 0.6 is 11.8 Å². The second kappa shape index (κ2) is 8.77. The number of carbonyl (C=O) groups excluding carboxylic acids is 2. The maximum absolute atomic E-state index is 12.5. The molecule has 0 unspecified atom stereocenters. The number of carbonyl (C=O) groups is 2. The van der Waals surface area contributed by atoms with Gasteiger partial charge in [-0.15, -0.1) is 0 Å². The summed E-state index contributed by atoms with van der Waals surface area (Å²) in [6, 6.07) is 17.7. The standard InChI is InChI=1S/C21H21NO4S/c1-22(2)19(23)12-25-21(24)20-17(16-10-6-7-11-18(16)26-20)14-27-13-15-8-4-3-5-9-15/h3-11H,12-14H2,1-2H3. The van der Waals surface area contributed by atoms with Crippen LogP contribution in [0.5, 0.6) is 0 Å². The zero-order chi connectivity index (χ0) is 19.2. The van der Waals surface area contributed by atoms with Crippen molar-refractivity contribution >= 4 is 34.6 Å². The number of hydrogen-bond donors (Lipinski definition) is 0. The SMILES string of the molecule is CN(C)C(=O)COC(=O)c1oc2ccccc2c1CSCc1ccccc1. The number of ether oxygens (including phenoxy) is 1. The first-order valence-electron chi connectivity index (χ1n) is 8.55. The smallest absolute Gasteiger partial charge is 0.375 e. The molecule has 6 heteroatoms. The average Bonchev–Trinajstić information content (AvgIpc) is 3.05. The number of rotatable bonds is 7. The van der Waals surface area contributed by atoms with Crippen LogP contribution in [0.25, 0.3) is 11.0 Å². The van der Waals surface area contributed by atoms with Crippen LogP contribution < -0.4 is 0 Å². The number of furan rings is 1. The largest absolute Gasteiger partial charge is 0.450 e. The first kappa shape index (κ1) is 19.0. The second-order valence-corrected chi connectivity index (χ2v) is 7.23. The molecule has 0 N–H and O–H groups in total. The summed E-state index contributed by atoms with van der Waals surface area (Å²) in [6.45, 7) is -0.306. The Hall–Kier alpha value is -2.73. The Kier molecular flexibility index (Phi) is 6.19. The van der Waals surface area contributed by atoms with Crippen LogP contribution in [0.4, 0.5) is 0 Å². The summed E-state index contributed by atoms with van der Waals surface area (Å²) in [5, 5.41) is 0.893. The molecule has 3 aromatic rings. The number of amides is 1. The molecule has 0 atom stereocenters. The monoisotopic (exact) mass is 383 g/mol. The predicted octanol–water partition coefficient (Wildman–Crippen LogP) is 4.11. The number of fused-ring (bicyclic) bond motifs is 1. The van der Waals surface area contributed by atoms with E-state index < -0.39 is 5.97 Å². The van der Waals surface area contributed by atoms with Crippen molar-refractivity contribution in [2.24, 2.45) is 0 Å². The van der Waals surface area contributed by atoms with Gasteiger partial charge in [-0.3, -0.25) is 4.79 Å². The minimum absolute atomic E-state index is 0.170. The van der Waals surface area contributed by atoms with Crippen molar-refractivity contribution in [1.29, 1.82) is 0 Å². The first-order valence-corrected chi connectivity index (χ1v) is 9.71. The third kappa shape index (κ3) is 4.71. The molecule has 0 aliphatic heterocycles. The summed E-state index contributed by atoms with van der Waals surface area (Å²) >= 11 is 1.70. The highest BCUT2D eigenvalue weighted by Crippen LogP contribution is 2.30. The van der Waals surface area contributed by atoms with Crippen molar-refractivity contribution in [3.63, 3.8) is 0 Å². The van der Waals surface area contributed by atoms with Gasteiger partial charge in [-0.05, 0) is 11.6 Å². The topological polar surface area (TPSA) is 59.8 Å². The predicted molar refractivity (Wildman–Crippen MR) is 107 cm³/mol. The Morgan fingerprint density at radius 3 is 2.44 bits per heavy atom. The van der Waals surface area contributed by atoms with Crippen LogP contribution in [0.3, 0.4) is 0 Å². The highest BCUT2D eigenvalue weighted by Gasteiger charge is 2.22. The molecule has 2 aromatic carbocycles. The van der Waals surface area contributed by atoms with Crippen molar-refractivity contribution in [3.8, 4) is 0 Å². The second-order valence-electron chi connectivity index (χ2n) is 6.25. The fraction of sp³-hybridized carbons (Fsp3) is 0.238. The number of para-hydroxylation sites is 1. The Morgan fingerprint density at radius 2 is 1.70 bits per heavy atom. The number of hydrogen-bond acceptors (Lipinski definition) is 5. The van der Waals surface area contributed by atoms with E-state index in [2.05, 4.69) is 12.1 Å². The van der Waals surface area contributed by atoms with Gasteiger partial charge in [0.1, 0.15) is 5.58 Å². The van der Waals surface area contributed by atoms with E-state index in [1.807, 2.05) is 42.5 Å². The summed E-state index contributed by atoms with van der Waals surface area (Å²) in [7, 11) is 3.23. The number of thioether (sulfide) groups is 1. The van der Waals surface area contributed by atoms with E-state index in [9.17, 15) is 9.59 Å². The highest BCUT2D eigenvalue weighted by atomic mass is 32.2. The van der Waals surface area contributed by atoms with E-state index in [0.717, 1.165) is 16.7 Å². The van der Waals surface area contributed by atoms with E-state index in [-0.39, 0.29) is 18.3 Å². The van der Waals surface area contributed by atoms with E-state index in [1.54, 1.807) is 25.9 Å².